The van der Waals surface area contributed by atoms with Gasteiger partial charge in [-0.05, 0) is 98.0 Å². The van der Waals surface area contributed by atoms with E-state index in [0.29, 0.717) is 5.11 Å². The molecule has 1 aliphatic rings. The molecule has 40 heavy (non-hydrogen) atoms. The van der Waals surface area contributed by atoms with Gasteiger partial charge in [0.1, 0.15) is 17.5 Å². The van der Waals surface area contributed by atoms with Gasteiger partial charge in [0.2, 0.25) is 0 Å². The van der Waals surface area contributed by atoms with Crippen LogP contribution in [-0.2, 0) is 0 Å². The van der Waals surface area contributed by atoms with E-state index in [2.05, 4.69) is 15.2 Å². The topological polar surface area (TPSA) is 79.6 Å². The van der Waals surface area contributed by atoms with Crippen molar-refractivity contribution in [2.75, 3.05) is 4.90 Å². The summed E-state index contributed by atoms with van der Waals surface area (Å²) in [5, 5.41) is 13.6. The van der Waals surface area contributed by atoms with Gasteiger partial charge in [-0.15, -0.1) is 0 Å². The lowest BCUT2D eigenvalue weighted by molar-refractivity contribution is 0.0697. The molecule has 6 rings (SSSR count). The number of ether oxygens (including phenoxy) is 1. The highest BCUT2D eigenvalue weighted by Crippen LogP contribution is 2.42. The number of carboxylic acids is 1. The number of benzene rings is 3. The van der Waals surface area contributed by atoms with Crippen LogP contribution in [0.3, 0.4) is 0 Å². The van der Waals surface area contributed by atoms with Crippen LogP contribution in [0.25, 0.3) is 5.69 Å². The number of rotatable bonds is 7. The molecule has 3 aromatic carbocycles. The van der Waals surface area contributed by atoms with E-state index >= 15 is 0 Å². The summed E-state index contributed by atoms with van der Waals surface area (Å²) in [6.45, 7) is 2.04. The molecule has 0 spiro atoms. The maximum Gasteiger partial charge on any atom is 0.335 e. The number of carboxylic acid groups (broad SMARTS) is 1. The van der Waals surface area contributed by atoms with Gasteiger partial charge in [0.15, 0.2) is 5.11 Å². The van der Waals surface area contributed by atoms with Gasteiger partial charge in [0.25, 0.3) is 0 Å². The second-order valence-electron chi connectivity index (χ2n) is 9.56. The molecule has 8 heteroatoms. The fraction of sp³-hybridized carbons (Fsp3) is 0.0938. The minimum atomic E-state index is -0.972. The minimum absolute atomic E-state index is 0.222. The summed E-state index contributed by atoms with van der Waals surface area (Å²) in [5.41, 5.74) is 4.82. The lowest BCUT2D eigenvalue weighted by Gasteiger charge is -2.29. The van der Waals surface area contributed by atoms with Crippen molar-refractivity contribution in [3.05, 3.63) is 138 Å². The quantitative estimate of drug-likeness (QED) is 0.216. The molecule has 7 nitrogen and oxygen atoms in total. The van der Waals surface area contributed by atoms with Crippen molar-refractivity contribution in [3.63, 3.8) is 0 Å². The molecule has 0 radical (unpaired) electrons. The normalized spacial score (nSPS) is 16.5. The molecule has 198 valence electrons. The van der Waals surface area contributed by atoms with E-state index in [4.69, 9.17) is 17.0 Å². The maximum absolute atomic E-state index is 11.7. The molecule has 2 aromatic heterocycles. The van der Waals surface area contributed by atoms with Crippen molar-refractivity contribution in [1.29, 1.82) is 0 Å². The Labute approximate surface area is 237 Å². The third-order valence-corrected chi connectivity index (χ3v) is 7.24. The monoisotopic (exact) mass is 546 g/mol. The number of thiocarbonyl (C=S) groups is 1. The highest BCUT2D eigenvalue weighted by Gasteiger charge is 2.42. The SMILES string of the molecule is Cc1ccc(Oc2ccc(N3C(=S)N[C@H](c4ccccn4)[C@H]3c3cccn3-c3cccc(C(=O)O)c3)cc2)cc1. The molecule has 0 unspecified atom stereocenters. The number of nitrogens with zero attached hydrogens (tertiary/aromatic N) is 3. The van der Waals surface area contributed by atoms with Gasteiger partial charge in [0.05, 0.1) is 17.3 Å². The minimum Gasteiger partial charge on any atom is -0.478 e. The average molecular weight is 547 g/mol. The molecule has 0 aliphatic carbocycles. The molecule has 2 N–H and O–H groups in total. The zero-order valence-corrected chi connectivity index (χ0v) is 22.5. The lowest BCUT2D eigenvalue weighted by Crippen LogP contribution is -2.30. The zero-order chi connectivity index (χ0) is 27.6. The largest absolute Gasteiger partial charge is 0.478 e. The van der Waals surface area contributed by atoms with Crippen LogP contribution in [-0.4, -0.2) is 25.7 Å². The van der Waals surface area contributed by atoms with Gasteiger partial charge in [-0.1, -0.05) is 29.8 Å². The molecule has 0 saturated carbocycles. The number of hydrogen-bond donors (Lipinski definition) is 2. The maximum atomic E-state index is 11.7. The fourth-order valence-electron chi connectivity index (χ4n) is 5.01. The molecule has 2 atom stereocenters. The number of aromatic carboxylic acids is 1. The van der Waals surface area contributed by atoms with Crippen molar-refractivity contribution in [2.24, 2.45) is 0 Å². The van der Waals surface area contributed by atoms with Gasteiger partial charge in [-0.2, -0.15) is 0 Å². The van der Waals surface area contributed by atoms with E-state index in [1.807, 2.05) is 103 Å². The molecular formula is C32H26N4O3S. The number of aromatic nitrogens is 2. The third-order valence-electron chi connectivity index (χ3n) is 6.92. The Morgan fingerprint density at radius 3 is 2.35 bits per heavy atom. The number of pyridine rings is 1. The number of hydrogen-bond acceptors (Lipinski definition) is 4. The van der Waals surface area contributed by atoms with Crippen LogP contribution in [0.2, 0.25) is 0 Å². The van der Waals surface area contributed by atoms with Crippen LogP contribution in [0.5, 0.6) is 11.5 Å². The van der Waals surface area contributed by atoms with Gasteiger partial charge in [0, 0.05) is 29.5 Å². The first-order valence-electron chi connectivity index (χ1n) is 12.8. The average Bonchev–Trinajstić information content (AvgIpc) is 3.60. The van der Waals surface area contributed by atoms with Crippen LogP contribution in [0.4, 0.5) is 5.69 Å². The van der Waals surface area contributed by atoms with Crippen molar-refractivity contribution in [2.45, 2.75) is 19.0 Å². The van der Waals surface area contributed by atoms with Crippen molar-refractivity contribution in [3.8, 4) is 17.2 Å². The van der Waals surface area contributed by atoms with Gasteiger partial charge >= 0.3 is 5.97 Å². The van der Waals surface area contributed by atoms with Crippen LogP contribution < -0.4 is 15.0 Å². The number of aryl methyl sites for hydroxylation is 1. The summed E-state index contributed by atoms with van der Waals surface area (Å²) < 4.78 is 8.05. The number of carbonyl (C=O) groups is 1. The van der Waals surface area contributed by atoms with Crippen LogP contribution >= 0.6 is 12.2 Å². The van der Waals surface area contributed by atoms with Crippen LogP contribution in [0.1, 0.15) is 39.4 Å². The van der Waals surface area contributed by atoms with Gasteiger partial charge in [-0.25, -0.2) is 4.79 Å². The summed E-state index contributed by atoms with van der Waals surface area (Å²) >= 11 is 5.88. The predicted octanol–water partition coefficient (Wildman–Crippen LogP) is 6.85. The van der Waals surface area contributed by atoms with Gasteiger partial charge < -0.3 is 24.6 Å². The molecule has 3 heterocycles. The number of nitrogens with one attached hydrogen (secondary N) is 1. The molecule has 1 fully saturated rings. The van der Waals surface area contributed by atoms with Crippen LogP contribution in [0.15, 0.2) is 116 Å². The van der Waals surface area contributed by atoms with Crippen molar-refractivity contribution >= 4 is 29.0 Å². The second kappa shape index (κ2) is 10.7. The van der Waals surface area contributed by atoms with Crippen LogP contribution in [0, 0.1) is 6.92 Å². The molecular weight excluding hydrogens is 520 g/mol. The predicted molar refractivity (Wildman–Crippen MR) is 158 cm³/mol. The molecule has 5 aromatic rings. The van der Waals surface area contributed by atoms with E-state index in [9.17, 15) is 9.90 Å². The summed E-state index contributed by atoms with van der Waals surface area (Å²) in [5.74, 6) is 0.517. The first kappa shape index (κ1) is 25.3. The third kappa shape index (κ3) is 4.92. The highest BCUT2D eigenvalue weighted by molar-refractivity contribution is 7.80. The second-order valence-corrected chi connectivity index (χ2v) is 9.95. The van der Waals surface area contributed by atoms with E-state index in [-0.39, 0.29) is 17.6 Å². The first-order chi connectivity index (χ1) is 19.5. The molecule has 1 saturated heterocycles. The Balaban J connectivity index is 1.40. The summed E-state index contributed by atoms with van der Waals surface area (Å²) in [6, 6.07) is 32.0. The summed E-state index contributed by atoms with van der Waals surface area (Å²) in [7, 11) is 0. The van der Waals surface area contributed by atoms with E-state index in [0.717, 1.165) is 34.3 Å². The molecule has 0 bridgehead atoms. The zero-order valence-electron chi connectivity index (χ0n) is 21.6. The number of anilines is 1. The fourth-order valence-corrected chi connectivity index (χ4v) is 5.36. The van der Waals surface area contributed by atoms with E-state index in [1.54, 1.807) is 24.4 Å². The first-order valence-corrected chi connectivity index (χ1v) is 13.2. The standard InChI is InChI=1S/C32H26N4O3S/c1-21-10-14-25(15-11-21)39-26-16-12-23(13-17-26)36-30(29(34-32(36)40)27-8-2-3-18-33-27)28-9-5-19-35(28)24-7-4-6-22(20-24)31(37)38/h2-20,29-30H,1H3,(H,34,40)(H,37,38)/t29-,30-/m1/s1. The highest BCUT2D eigenvalue weighted by atomic mass is 32.1. The van der Waals surface area contributed by atoms with Crippen molar-refractivity contribution in [1.82, 2.24) is 14.9 Å². The van der Waals surface area contributed by atoms with Gasteiger partial charge in [-0.3, -0.25) is 4.98 Å². The molecule has 0 amide bonds. The van der Waals surface area contributed by atoms with E-state index in [1.165, 1.54) is 5.56 Å². The summed E-state index contributed by atoms with van der Waals surface area (Å²) in [4.78, 5) is 18.4. The Hall–Kier alpha value is -4.95. The van der Waals surface area contributed by atoms with E-state index < -0.39 is 5.97 Å². The summed E-state index contributed by atoms with van der Waals surface area (Å²) in [6.07, 6.45) is 3.70. The Morgan fingerprint density at radius 2 is 1.65 bits per heavy atom. The Kier molecular flexibility index (Phi) is 6.76. The Bertz CT molecular complexity index is 1670. The smallest absolute Gasteiger partial charge is 0.335 e. The Morgan fingerprint density at radius 1 is 0.900 bits per heavy atom. The van der Waals surface area contributed by atoms with Crippen molar-refractivity contribution < 1.29 is 14.6 Å². The lowest BCUT2D eigenvalue weighted by atomic mass is 10.0. The molecule has 1 aliphatic heterocycles.